The highest BCUT2D eigenvalue weighted by Gasteiger charge is 2.19. The van der Waals surface area contributed by atoms with Crippen LogP contribution < -0.4 is 16.0 Å². The summed E-state index contributed by atoms with van der Waals surface area (Å²) in [6.45, 7) is 7.48. The molecule has 0 spiro atoms. The normalized spacial score (nSPS) is 13.0. The van der Waals surface area contributed by atoms with Crippen LogP contribution in [0.1, 0.15) is 50.9 Å². The highest BCUT2D eigenvalue weighted by Crippen LogP contribution is 2.23. The Morgan fingerprint density at radius 1 is 0.926 bits per heavy atom. The van der Waals surface area contributed by atoms with E-state index in [2.05, 4.69) is 29.8 Å². The maximum Gasteiger partial charge on any atom is 0.315 e. The second-order valence-electron chi connectivity index (χ2n) is 6.92. The molecular weight excluding hydrogens is 362 g/mol. The molecule has 144 valence electrons. The zero-order valence-corrected chi connectivity index (χ0v) is 16.8. The van der Waals surface area contributed by atoms with E-state index in [9.17, 15) is 9.59 Å². The standard InChI is InChI=1S/C21H26ClN3O2/c1-13(2)20(16-8-10-18(22)11-9-16)25-21(27)23-14(3)17-6-5-7-19(12-17)24-15(4)26/h5-14,20H,1-4H3,(H,24,26)(H2,23,25,27)/t14-,20+/m0/s1. The predicted molar refractivity (Wildman–Crippen MR) is 110 cm³/mol. The minimum absolute atomic E-state index is 0.125. The van der Waals surface area contributed by atoms with Gasteiger partial charge in [0.05, 0.1) is 12.1 Å². The molecule has 0 aliphatic carbocycles. The lowest BCUT2D eigenvalue weighted by Gasteiger charge is -2.25. The third-order valence-electron chi connectivity index (χ3n) is 4.24. The first-order valence-electron chi connectivity index (χ1n) is 8.96. The third-order valence-corrected chi connectivity index (χ3v) is 4.49. The molecule has 0 heterocycles. The molecule has 3 N–H and O–H groups in total. The van der Waals surface area contributed by atoms with Crippen molar-refractivity contribution in [3.63, 3.8) is 0 Å². The topological polar surface area (TPSA) is 70.2 Å². The van der Waals surface area contributed by atoms with Crippen LogP contribution in [-0.4, -0.2) is 11.9 Å². The summed E-state index contributed by atoms with van der Waals surface area (Å²) in [4.78, 5) is 23.7. The molecular formula is C21H26ClN3O2. The fourth-order valence-electron chi connectivity index (χ4n) is 2.86. The van der Waals surface area contributed by atoms with Gasteiger partial charge in [-0.2, -0.15) is 0 Å². The molecule has 0 aliphatic heterocycles. The Hall–Kier alpha value is -2.53. The summed E-state index contributed by atoms with van der Waals surface area (Å²) in [6.07, 6.45) is 0. The van der Waals surface area contributed by atoms with Gasteiger partial charge in [0.2, 0.25) is 5.91 Å². The molecule has 0 bridgehead atoms. The fourth-order valence-corrected chi connectivity index (χ4v) is 2.98. The molecule has 0 aliphatic rings. The lowest BCUT2D eigenvalue weighted by Crippen LogP contribution is -2.40. The van der Waals surface area contributed by atoms with Crippen molar-refractivity contribution in [3.05, 3.63) is 64.7 Å². The van der Waals surface area contributed by atoms with Crippen molar-refractivity contribution in [2.24, 2.45) is 5.92 Å². The molecule has 2 atom stereocenters. The Balaban J connectivity index is 2.04. The van der Waals surface area contributed by atoms with Gasteiger partial charge in [-0.05, 0) is 48.2 Å². The summed E-state index contributed by atoms with van der Waals surface area (Å²) in [5.74, 6) is 0.0866. The Morgan fingerprint density at radius 3 is 2.19 bits per heavy atom. The van der Waals surface area contributed by atoms with Gasteiger partial charge in [0.1, 0.15) is 0 Å². The van der Waals surface area contributed by atoms with Crippen molar-refractivity contribution in [2.45, 2.75) is 39.8 Å². The second kappa shape index (κ2) is 9.42. The largest absolute Gasteiger partial charge is 0.332 e. The average Bonchev–Trinajstić information content (AvgIpc) is 2.60. The number of hydrogen-bond donors (Lipinski definition) is 3. The van der Waals surface area contributed by atoms with Gasteiger partial charge in [-0.3, -0.25) is 4.79 Å². The summed E-state index contributed by atoms with van der Waals surface area (Å²) >= 11 is 5.96. The number of hydrogen-bond acceptors (Lipinski definition) is 2. The van der Waals surface area contributed by atoms with Crippen LogP contribution in [0.25, 0.3) is 0 Å². The molecule has 0 aromatic heterocycles. The number of anilines is 1. The maximum atomic E-state index is 12.5. The number of nitrogens with one attached hydrogen (secondary N) is 3. The summed E-state index contributed by atoms with van der Waals surface area (Å²) in [7, 11) is 0. The minimum atomic E-state index is -0.249. The molecule has 2 aromatic rings. The number of amides is 3. The van der Waals surface area contributed by atoms with Crippen molar-refractivity contribution < 1.29 is 9.59 Å². The van der Waals surface area contributed by atoms with E-state index in [0.29, 0.717) is 10.7 Å². The molecule has 5 nitrogen and oxygen atoms in total. The molecule has 27 heavy (non-hydrogen) atoms. The smallest absolute Gasteiger partial charge is 0.315 e. The molecule has 2 rings (SSSR count). The Morgan fingerprint density at radius 2 is 1.59 bits per heavy atom. The van der Waals surface area contributed by atoms with Crippen LogP contribution in [0.3, 0.4) is 0 Å². The molecule has 2 aromatic carbocycles. The Bertz CT molecular complexity index is 790. The lowest BCUT2D eigenvalue weighted by atomic mass is 9.96. The number of urea groups is 1. The van der Waals surface area contributed by atoms with Crippen molar-refractivity contribution in [1.29, 1.82) is 0 Å². The Labute approximate surface area is 165 Å². The first-order chi connectivity index (χ1) is 12.8. The first-order valence-corrected chi connectivity index (χ1v) is 9.34. The molecule has 0 fully saturated rings. The van der Waals surface area contributed by atoms with Crippen molar-refractivity contribution in [3.8, 4) is 0 Å². The SMILES string of the molecule is CC(=O)Nc1cccc([C@H](C)NC(=O)N[C@@H](c2ccc(Cl)cc2)C(C)C)c1. The monoisotopic (exact) mass is 387 g/mol. The van der Waals surface area contributed by atoms with E-state index in [4.69, 9.17) is 11.6 Å². The molecule has 0 radical (unpaired) electrons. The van der Waals surface area contributed by atoms with E-state index in [1.54, 1.807) is 0 Å². The Kier molecular flexibility index (Phi) is 7.25. The lowest BCUT2D eigenvalue weighted by molar-refractivity contribution is -0.114. The quantitative estimate of drug-likeness (QED) is 0.648. The molecule has 0 unspecified atom stereocenters. The van der Waals surface area contributed by atoms with E-state index < -0.39 is 0 Å². The maximum absolute atomic E-state index is 12.5. The van der Waals surface area contributed by atoms with E-state index >= 15 is 0 Å². The summed E-state index contributed by atoms with van der Waals surface area (Å²) in [5.41, 5.74) is 2.61. The summed E-state index contributed by atoms with van der Waals surface area (Å²) in [5, 5.41) is 9.40. The van der Waals surface area contributed by atoms with Crippen LogP contribution in [-0.2, 0) is 4.79 Å². The van der Waals surface area contributed by atoms with Crippen LogP contribution in [0.2, 0.25) is 5.02 Å². The van der Waals surface area contributed by atoms with E-state index in [1.807, 2.05) is 55.5 Å². The van der Waals surface area contributed by atoms with Gasteiger partial charge in [-0.25, -0.2) is 4.79 Å². The average molecular weight is 388 g/mol. The fraction of sp³-hybridized carbons (Fsp3) is 0.333. The van der Waals surface area contributed by atoms with Crippen LogP contribution in [0, 0.1) is 5.92 Å². The highest BCUT2D eigenvalue weighted by molar-refractivity contribution is 6.30. The van der Waals surface area contributed by atoms with Crippen LogP contribution in [0.5, 0.6) is 0 Å². The highest BCUT2D eigenvalue weighted by atomic mass is 35.5. The molecule has 6 heteroatoms. The number of halogens is 1. The van der Waals surface area contributed by atoms with Gasteiger partial charge in [-0.1, -0.05) is 49.7 Å². The molecule has 3 amide bonds. The number of rotatable bonds is 6. The second-order valence-corrected chi connectivity index (χ2v) is 7.36. The molecule has 0 saturated heterocycles. The van der Waals surface area contributed by atoms with E-state index in [-0.39, 0.29) is 29.9 Å². The van der Waals surface area contributed by atoms with Gasteiger partial charge in [0.25, 0.3) is 0 Å². The van der Waals surface area contributed by atoms with Crippen molar-refractivity contribution >= 4 is 29.2 Å². The first kappa shape index (κ1) is 20.8. The third kappa shape index (κ3) is 6.29. The van der Waals surface area contributed by atoms with E-state index in [1.165, 1.54) is 6.92 Å². The summed E-state index contributed by atoms with van der Waals surface area (Å²) < 4.78 is 0. The van der Waals surface area contributed by atoms with Crippen LogP contribution in [0.4, 0.5) is 10.5 Å². The summed E-state index contributed by atoms with van der Waals surface area (Å²) in [6, 6.07) is 14.3. The van der Waals surface area contributed by atoms with Gasteiger partial charge >= 0.3 is 6.03 Å². The molecule has 0 saturated carbocycles. The van der Waals surface area contributed by atoms with Crippen molar-refractivity contribution in [1.82, 2.24) is 10.6 Å². The van der Waals surface area contributed by atoms with Crippen LogP contribution in [0.15, 0.2) is 48.5 Å². The number of carbonyl (C=O) groups excluding carboxylic acids is 2. The van der Waals surface area contributed by atoms with Crippen LogP contribution >= 0.6 is 11.6 Å². The van der Waals surface area contributed by atoms with E-state index in [0.717, 1.165) is 11.1 Å². The minimum Gasteiger partial charge on any atom is -0.332 e. The number of carbonyl (C=O) groups is 2. The van der Waals surface area contributed by atoms with Gasteiger partial charge < -0.3 is 16.0 Å². The van der Waals surface area contributed by atoms with Gasteiger partial charge in [-0.15, -0.1) is 0 Å². The number of benzene rings is 2. The van der Waals surface area contributed by atoms with Gasteiger partial charge in [0.15, 0.2) is 0 Å². The van der Waals surface area contributed by atoms with Gasteiger partial charge in [0, 0.05) is 17.6 Å². The van der Waals surface area contributed by atoms with Crippen molar-refractivity contribution in [2.75, 3.05) is 5.32 Å². The zero-order valence-electron chi connectivity index (χ0n) is 16.0. The predicted octanol–water partition coefficient (Wildman–Crippen LogP) is 5.06. The zero-order chi connectivity index (χ0) is 20.0.